The molecule has 1 heterocycles. The van der Waals surface area contributed by atoms with Crippen LogP contribution in [0.25, 0.3) is 0 Å². The van der Waals surface area contributed by atoms with E-state index in [9.17, 15) is 8.42 Å². The summed E-state index contributed by atoms with van der Waals surface area (Å²) < 4.78 is 28.2. The smallest absolute Gasteiger partial charge is 0.211 e. The molecule has 1 rings (SSSR count). The van der Waals surface area contributed by atoms with Crippen molar-refractivity contribution in [1.29, 1.82) is 0 Å². The molecule has 110 valence electrons. The number of sulfonamides is 1. The molecule has 1 aromatic heterocycles. The van der Waals surface area contributed by atoms with Gasteiger partial charge < -0.3 is 9.88 Å². The second kappa shape index (κ2) is 8.29. The molecule has 2 N–H and O–H groups in total. The monoisotopic (exact) mass is 288 g/mol. The van der Waals surface area contributed by atoms with Crippen molar-refractivity contribution in [1.82, 2.24) is 19.6 Å². The van der Waals surface area contributed by atoms with E-state index in [1.807, 2.05) is 24.6 Å². The van der Waals surface area contributed by atoms with E-state index in [-0.39, 0.29) is 11.8 Å². The Hall–Kier alpha value is -0.920. The molecule has 6 nitrogen and oxygen atoms in total. The molecule has 1 aromatic rings. The zero-order valence-corrected chi connectivity index (χ0v) is 12.5. The van der Waals surface area contributed by atoms with Crippen molar-refractivity contribution in [3.05, 3.63) is 18.7 Å². The molecule has 1 atom stereocenters. The molecule has 19 heavy (non-hydrogen) atoms. The number of nitrogens with one attached hydrogen (secondary N) is 2. The summed E-state index contributed by atoms with van der Waals surface area (Å²) in [5, 5.41) is 3.18. The quantitative estimate of drug-likeness (QED) is 0.618. The van der Waals surface area contributed by atoms with Crippen molar-refractivity contribution in [3.8, 4) is 0 Å². The topological polar surface area (TPSA) is 76.0 Å². The summed E-state index contributed by atoms with van der Waals surface area (Å²) in [6.07, 6.45) is 6.75. The average Bonchev–Trinajstić information content (AvgIpc) is 2.80. The lowest BCUT2D eigenvalue weighted by Gasteiger charge is -2.14. The minimum absolute atomic E-state index is 0.132. The van der Waals surface area contributed by atoms with Crippen LogP contribution in [0.3, 0.4) is 0 Å². The van der Waals surface area contributed by atoms with Crippen LogP contribution in [0.15, 0.2) is 18.7 Å². The standard InChI is InChI=1S/C12H24N4O2S/c1-3-13-6-4-5-9-19(17,18)15-12(2)10-16-8-7-14-11-16/h7-8,11-13,15H,3-6,9-10H2,1-2H3. The van der Waals surface area contributed by atoms with Crippen LogP contribution in [0, 0.1) is 0 Å². The first kappa shape index (κ1) is 16.1. The van der Waals surface area contributed by atoms with Crippen LogP contribution < -0.4 is 10.0 Å². The van der Waals surface area contributed by atoms with Gasteiger partial charge in [-0.3, -0.25) is 0 Å². The van der Waals surface area contributed by atoms with E-state index in [1.165, 1.54) is 0 Å². The third-order valence-corrected chi connectivity index (χ3v) is 4.28. The molecule has 0 aliphatic rings. The molecule has 0 saturated heterocycles. The molecule has 0 bridgehead atoms. The third-order valence-electron chi connectivity index (χ3n) is 2.69. The Morgan fingerprint density at radius 1 is 1.37 bits per heavy atom. The number of aromatic nitrogens is 2. The fourth-order valence-electron chi connectivity index (χ4n) is 1.83. The van der Waals surface area contributed by atoms with Crippen LogP contribution in [0.2, 0.25) is 0 Å². The summed E-state index contributed by atoms with van der Waals surface area (Å²) in [4.78, 5) is 3.93. The fourth-order valence-corrected chi connectivity index (χ4v) is 3.22. The Bertz CT molecular complexity index is 431. The molecule has 0 saturated carbocycles. The van der Waals surface area contributed by atoms with Crippen LogP contribution in [0.4, 0.5) is 0 Å². The SMILES string of the molecule is CCNCCCCS(=O)(=O)NC(C)Cn1ccnc1. The highest BCUT2D eigenvalue weighted by molar-refractivity contribution is 7.89. The predicted octanol–water partition coefficient (Wildman–Crippen LogP) is 0.581. The molecular formula is C12H24N4O2S. The lowest BCUT2D eigenvalue weighted by Crippen LogP contribution is -2.37. The Balaban J connectivity index is 2.25. The summed E-state index contributed by atoms with van der Waals surface area (Å²) in [6, 6.07) is -0.132. The molecular weight excluding hydrogens is 264 g/mol. The van der Waals surface area contributed by atoms with Crippen molar-refractivity contribution in [2.75, 3.05) is 18.8 Å². The highest BCUT2D eigenvalue weighted by Crippen LogP contribution is 1.98. The molecule has 0 spiro atoms. The molecule has 0 radical (unpaired) electrons. The van der Waals surface area contributed by atoms with Gasteiger partial charge in [-0.2, -0.15) is 0 Å². The number of rotatable bonds is 10. The molecule has 0 aliphatic heterocycles. The Labute approximate surface area is 115 Å². The maximum absolute atomic E-state index is 11.8. The van der Waals surface area contributed by atoms with E-state index in [0.717, 1.165) is 19.5 Å². The Morgan fingerprint density at radius 2 is 2.16 bits per heavy atom. The largest absolute Gasteiger partial charge is 0.336 e. The van der Waals surface area contributed by atoms with Gasteiger partial charge in [0.1, 0.15) is 0 Å². The number of unbranched alkanes of at least 4 members (excludes halogenated alkanes) is 1. The van der Waals surface area contributed by atoms with E-state index >= 15 is 0 Å². The van der Waals surface area contributed by atoms with Gasteiger partial charge in [0.2, 0.25) is 10.0 Å². The third kappa shape index (κ3) is 7.29. The number of hydrogen-bond acceptors (Lipinski definition) is 4. The molecule has 0 fully saturated rings. The lowest BCUT2D eigenvalue weighted by molar-refractivity contribution is 0.518. The van der Waals surface area contributed by atoms with Gasteiger partial charge in [0.05, 0.1) is 12.1 Å². The van der Waals surface area contributed by atoms with E-state index in [4.69, 9.17) is 0 Å². The first-order chi connectivity index (χ1) is 9.03. The second-order valence-corrected chi connectivity index (χ2v) is 6.53. The highest BCUT2D eigenvalue weighted by Gasteiger charge is 2.14. The van der Waals surface area contributed by atoms with Gasteiger partial charge in [-0.1, -0.05) is 6.92 Å². The van der Waals surface area contributed by atoms with E-state index in [2.05, 4.69) is 15.0 Å². The maximum Gasteiger partial charge on any atom is 0.211 e. The lowest BCUT2D eigenvalue weighted by atomic mass is 10.3. The Morgan fingerprint density at radius 3 is 2.79 bits per heavy atom. The number of hydrogen-bond donors (Lipinski definition) is 2. The molecule has 0 aliphatic carbocycles. The van der Waals surface area contributed by atoms with Gasteiger partial charge in [0, 0.05) is 25.0 Å². The number of imidazole rings is 1. The normalized spacial score (nSPS) is 13.6. The van der Waals surface area contributed by atoms with E-state index in [1.54, 1.807) is 12.5 Å². The zero-order valence-electron chi connectivity index (χ0n) is 11.7. The summed E-state index contributed by atoms with van der Waals surface area (Å²) in [7, 11) is -3.18. The first-order valence-electron chi connectivity index (χ1n) is 6.70. The second-order valence-electron chi connectivity index (χ2n) is 4.66. The van der Waals surface area contributed by atoms with E-state index in [0.29, 0.717) is 13.0 Å². The van der Waals surface area contributed by atoms with Gasteiger partial charge in [-0.15, -0.1) is 0 Å². The summed E-state index contributed by atoms with van der Waals surface area (Å²) in [5.74, 6) is 0.187. The minimum atomic E-state index is -3.18. The van der Waals surface area contributed by atoms with Crippen LogP contribution >= 0.6 is 0 Å². The van der Waals surface area contributed by atoms with Gasteiger partial charge >= 0.3 is 0 Å². The van der Waals surface area contributed by atoms with Gasteiger partial charge in [-0.25, -0.2) is 18.1 Å². The highest BCUT2D eigenvalue weighted by atomic mass is 32.2. The Kier molecular flexibility index (Phi) is 7.04. The molecule has 7 heteroatoms. The van der Waals surface area contributed by atoms with Crippen LogP contribution in [-0.2, 0) is 16.6 Å². The van der Waals surface area contributed by atoms with Crippen molar-refractivity contribution in [2.45, 2.75) is 39.3 Å². The fraction of sp³-hybridized carbons (Fsp3) is 0.750. The van der Waals surface area contributed by atoms with Crippen LogP contribution in [0.5, 0.6) is 0 Å². The minimum Gasteiger partial charge on any atom is -0.336 e. The summed E-state index contributed by atoms with van der Waals surface area (Å²) >= 11 is 0. The van der Waals surface area contributed by atoms with Crippen molar-refractivity contribution in [2.24, 2.45) is 0 Å². The van der Waals surface area contributed by atoms with Crippen molar-refractivity contribution in [3.63, 3.8) is 0 Å². The molecule has 1 unspecified atom stereocenters. The van der Waals surface area contributed by atoms with Gasteiger partial charge in [0.15, 0.2) is 0 Å². The van der Waals surface area contributed by atoms with Gasteiger partial charge in [0.25, 0.3) is 0 Å². The predicted molar refractivity (Wildman–Crippen MR) is 76.4 cm³/mol. The first-order valence-corrected chi connectivity index (χ1v) is 8.35. The molecule has 0 amide bonds. The number of nitrogens with zero attached hydrogens (tertiary/aromatic N) is 2. The van der Waals surface area contributed by atoms with Crippen molar-refractivity contribution < 1.29 is 8.42 Å². The van der Waals surface area contributed by atoms with Crippen LogP contribution in [0.1, 0.15) is 26.7 Å². The summed E-state index contributed by atoms with van der Waals surface area (Å²) in [6.45, 7) is 6.28. The van der Waals surface area contributed by atoms with Crippen molar-refractivity contribution >= 4 is 10.0 Å². The molecule has 0 aromatic carbocycles. The van der Waals surface area contributed by atoms with Crippen LogP contribution in [-0.4, -0.2) is 42.9 Å². The van der Waals surface area contributed by atoms with E-state index < -0.39 is 10.0 Å². The average molecular weight is 288 g/mol. The summed E-state index contributed by atoms with van der Waals surface area (Å²) in [5.41, 5.74) is 0. The maximum atomic E-state index is 11.8. The zero-order chi connectivity index (χ0) is 14.1. The van der Waals surface area contributed by atoms with Gasteiger partial charge in [-0.05, 0) is 32.9 Å².